The molecule has 1 aliphatic carbocycles. The molecule has 0 radical (unpaired) electrons. The number of nitrogens with zero attached hydrogens (tertiary/aromatic N) is 4. The second-order valence-electron chi connectivity index (χ2n) is 6.58. The van der Waals surface area contributed by atoms with Crippen LogP contribution in [0.5, 0.6) is 0 Å². The van der Waals surface area contributed by atoms with E-state index < -0.39 is 0 Å². The number of thioether (sulfide) groups is 1. The van der Waals surface area contributed by atoms with Crippen molar-refractivity contribution in [1.82, 2.24) is 20.1 Å². The van der Waals surface area contributed by atoms with Crippen molar-refractivity contribution in [2.24, 2.45) is 0 Å². The van der Waals surface area contributed by atoms with Gasteiger partial charge in [-0.2, -0.15) is 4.98 Å². The highest BCUT2D eigenvalue weighted by molar-refractivity contribution is 7.99. The summed E-state index contributed by atoms with van der Waals surface area (Å²) in [6.45, 7) is 6.20. The van der Waals surface area contributed by atoms with Crippen LogP contribution in [0.3, 0.4) is 0 Å². The zero-order valence-electron chi connectivity index (χ0n) is 14.1. The maximum atomic E-state index is 5.44. The van der Waals surface area contributed by atoms with E-state index >= 15 is 0 Å². The van der Waals surface area contributed by atoms with Gasteiger partial charge in [-0.15, -0.1) is 0 Å². The fourth-order valence-corrected chi connectivity index (χ4v) is 3.52. The number of para-hydroxylation sites is 1. The predicted molar refractivity (Wildman–Crippen MR) is 94.2 cm³/mol. The number of hydrogen-bond acceptors (Lipinski definition) is 6. The third-order valence-corrected chi connectivity index (χ3v) is 5.23. The maximum absolute atomic E-state index is 5.44. The first-order chi connectivity index (χ1) is 11.6. The molecule has 5 nitrogen and oxygen atoms in total. The van der Waals surface area contributed by atoms with Crippen molar-refractivity contribution in [1.29, 1.82) is 0 Å². The van der Waals surface area contributed by atoms with E-state index in [1.54, 1.807) is 11.8 Å². The second-order valence-corrected chi connectivity index (χ2v) is 7.91. The molecule has 0 amide bonds. The molecule has 3 aromatic rings. The molecule has 0 saturated heterocycles. The Balaban J connectivity index is 1.67. The van der Waals surface area contributed by atoms with Crippen LogP contribution < -0.4 is 0 Å². The summed E-state index contributed by atoms with van der Waals surface area (Å²) in [4.78, 5) is 14.1. The fraction of sp³-hybridized carbons (Fsp3) is 0.444. The number of hydrogen-bond donors (Lipinski definition) is 0. The largest absolute Gasteiger partial charge is 0.338 e. The standard InChI is InChI=1S/C18H20N4OS/c1-10(2)15-20-17(23-22-15)11(3)24-18-13-6-4-5-7-14(13)19-16(21-18)12-8-9-12/h4-7,10-12H,8-9H2,1-3H3/t11-/m0/s1. The Morgan fingerprint density at radius 2 is 1.88 bits per heavy atom. The molecule has 0 N–H and O–H groups in total. The summed E-state index contributed by atoms with van der Waals surface area (Å²) in [5, 5.41) is 6.20. The van der Waals surface area contributed by atoms with Gasteiger partial charge in [-0.05, 0) is 25.8 Å². The lowest BCUT2D eigenvalue weighted by molar-refractivity contribution is 0.373. The van der Waals surface area contributed by atoms with E-state index in [9.17, 15) is 0 Å². The van der Waals surface area contributed by atoms with Gasteiger partial charge in [0.2, 0.25) is 5.89 Å². The maximum Gasteiger partial charge on any atom is 0.239 e. The molecule has 124 valence electrons. The van der Waals surface area contributed by atoms with E-state index in [-0.39, 0.29) is 11.2 Å². The predicted octanol–water partition coefficient (Wildman–Crippen LogP) is 4.87. The van der Waals surface area contributed by atoms with Gasteiger partial charge in [-0.1, -0.05) is 49.0 Å². The Kier molecular flexibility index (Phi) is 4.00. The molecule has 1 atom stereocenters. The minimum Gasteiger partial charge on any atom is -0.338 e. The van der Waals surface area contributed by atoms with Crippen LogP contribution in [0.4, 0.5) is 0 Å². The van der Waals surface area contributed by atoms with Crippen LogP contribution >= 0.6 is 11.8 Å². The van der Waals surface area contributed by atoms with Gasteiger partial charge >= 0.3 is 0 Å². The Bertz CT molecular complexity index is 872. The van der Waals surface area contributed by atoms with E-state index in [0.29, 0.717) is 11.8 Å². The molecule has 6 heteroatoms. The second kappa shape index (κ2) is 6.16. The number of benzene rings is 1. The van der Waals surface area contributed by atoms with Crippen LogP contribution in [0.25, 0.3) is 10.9 Å². The summed E-state index contributed by atoms with van der Waals surface area (Å²) in [5.74, 6) is 3.17. The van der Waals surface area contributed by atoms with Crippen LogP contribution in [0, 0.1) is 0 Å². The number of fused-ring (bicyclic) bond motifs is 1. The van der Waals surface area contributed by atoms with Crippen LogP contribution in [-0.2, 0) is 0 Å². The van der Waals surface area contributed by atoms with Crippen molar-refractivity contribution in [3.05, 3.63) is 41.8 Å². The minimum absolute atomic E-state index is 0.0513. The Morgan fingerprint density at radius 1 is 1.08 bits per heavy atom. The Hall–Kier alpha value is -1.95. The van der Waals surface area contributed by atoms with Gasteiger partial charge in [-0.25, -0.2) is 9.97 Å². The van der Waals surface area contributed by atoms with Crippen LogP contribution in [0.15, 0.2) is 33.8 Å². The fourth-order valence-electron chi connectivity index (χ4n) is 2.54. The zero-order valence-corrected chi connectivity index (χ0v) is 14.9. The molecule has 0 bridgehead atoms. The average Bonchev–Trinajstić information content (AvgIpc) is 3.30. The van der Waals surface area contributed by atoms with Crippen LogP contribution in [-0.4, -0.2) is 20.1 Å². The molecule has 1 saturated carbocycles. The molecular formula is C18H20N4OS. The van der Waals surface area contributed by atoms with E-state index in [2.05, 4.69) is 43.0 Å². The zero-order chi connectivity index (χ0) is 16.7. The molecule has 2 aromatic heterocycles. The highest BCUT2D eigenvalue weighted by Crippen LogP contribution is 2.42. The van der Waals surface area contributed by atoms with Gasteiger partial charge < -0.3 is 4.52 Å². The van der Waals surface area contributed by atoms with Crippen molar-refractivity contribution < 1.29 is 4.52 Å². The van der Waals surface area contributed by atoms with Gasteiger partial charge in [0.05, 0.1) is 10.8 Å². The monoisotopic (exact) mass is 340 g/mol. The molecule has 1 aliphatic rings. The average molecular weight is 340 g/mol. The highest BCUT2D eigenvalue weighted by atomic mass is 32.2. The van der Waals surface area contributed by atoms with Gasteiger partial charge in [0.25, 0.3) is 0 Å². The first-order valence-corrected chi connectivity index (χ1v) is 9.26. The van der Waals surface area contributed by atoms with Gasteiger partial charge in [0, 0.05) is 17.2 Å². The first kappa shape index (κ1) is 15.6. The molecular weight excluding hydrogens is 320 g/mol. The SMILES string of the molecule is CC(C)c1noc([C@H](C)Sc2nc(C3CC3)nc3ccccc23)n1. The molecule has 2 heterocycles. The minimum atomic E-state index is 0.0513. The molecule has 1 aromatic carbocycles. The highest BCUT2D eigenvalue weighted by Gasteiger charge is 2.28. The van der Waals surface area contributed by atoms with Crippen molar-refractivity contribution in [2.45, 2.75) is 55.7 Å². The van der Waals surface area contributed by atoms with Gasteiger partial charge in [0.1, 0.15) is 10.9 Å². The molecule has 24 heavy (non-hydrogen) atoms. The van der Waals surface area contributed by atoms with Crippen LogP contribution in [0.2, 0.25) is 0 Å². The first-order valence-electron chi connectivity index (χ1n) is 8.38. The summed E-state index contributed by atoms with van der Waals surface area (Å²) < 4.78 is 5.44. The summed E-state index contributed by atoms with van der Waals surface area (Å²) in [7, 11) is 0. The molecule has 0 aliphatic heterocycles. The molecule has 1 fully saturated rings. The Morgan fingerprint density at radius 3 is 2.58 bits per heavy atom. The quantitative estimate of drug-likeness (QED) is 0.488. The van der Waals surface area contributed by atoms with Crippen LogP contribution in [0.1, 0.15) is 68.2 Å². The van der Waals surface area contributed by atoms with Gasteiger partial charge in [0.15, 0.2) is 5.82 Å². The summed E-state index contributed by atoms with van der Waals surface area (Å²) in [6.07, 6.45) is 2.39. The van der Waals surface area contributed by atoms with Crippen molar-refractivity contribution in [3.8, 4) is 0 Å². The Labute approximate surface area is 145 Å². The summed E-state index contributed by atoms with van der Waals surface area (Å²) >= 11 is 1.66. The van der Waals surface area contributed by atoms with Crippen molar-refractivity contribution in [2.75, 3.05) is 0 Å². The lowest BCUT2D eigenvalue weighted by Gasteiger charge is -2.10. The van der Waals surface area contributed by atoms with E-state index in [0.717, 1.165) is 27.6 Å². The lowest BCUT2D eigenvalue weighted by Crippen LogP contribution is -1.98. The molecule has 0 unspecified atom stereocenters. The third-order valence-electron chi connectivity index (χ3n) is 4.14. The summed E-state index contributed by atoms with van der Waals surface area (Å²) in [5.41, 5.74) is 1.01. The van der Waals surface area contributed by atoms with E-state index in [4.69, 9.17) is 14.5 Å². The lowest BCUT2D eigenvalue weighted by atomic mass is 10.2. The third kappa shape index (κ3) is 3.02. The van der Waals surface area contributed by atoms with Crippen molar-refractivity contribution in [3.63, 3.8) is 0 Å². The smallest absolute Gasteiger partial charge is 0.239 e. The molecule has 4 rings (SSSR count). The van der Waals surface area contributed by atoms with Gasteiger partial charge in [-0.3, -0.25) is 0 Å². The number of rotatable bonds is 5. The number of aromatic nitrogens is 4. The topological polar surface area (TPSA) is 64.7 Å². The van der Waals surface area contributed by atoms with E-state index in [1.165, 1.54) is 12.8 Å². The normalized spacial score (nSPS) is 16.0. The van der Waals surface area contributed by atoms with E-state index in [1.807, 2.05) is 12.1 Å². The van der Waals surface area contributed by atoms with Crippen molar-refractivity contribution >= 4 is 22.7 Å². The summed E-state index contributed by atoms with van der Waals surface area (Å²) in [6, 6.07) is 8.19. The molecule has 0 spiro atoms.